The van der Waals surface area contributed by atoms with Crippen molar-refractivity contribution in [2.75, 3.05) is 4.90 Å². The van der Waals surface area contributed by atoms with Crippen LogP contribution in [0.25, 0.3) is 66.9 Å². The van der Waals surface area contributed by atoms with Gasteiger partial charge in [-0.1, -0.05) is 36.0 Å². The molecule has 12 heteroatoms. The van der Waals surface area contributed by atoms with Gasteiger partial charge in [-0.3, -0.25) is 4.90 Å². The van der Waals surface area contributed by atoms with Gasteiger partial charge in [-0.15, -0.1) is 11.3 Å². The van der Waals surface area contributed by atoms with Crippen LogP contribution >= 0.6 is 23.1 Å². The van der Waals surface area contributed by atoms with Crippen molar-refractivity contribution in [2.45, 2.75) is 4.90 Å². The van der Waals surface area contributed by atoms with Crippen molar-refractivity contribution in [3.63, 3.8) is 0 Å². The van der Waals surface area contributed by atoms with Crippen LogP contribution in [-0.4, -0.2) is 34.9 Å². The van der Waals surface area contributed by atoms with Crippen LogP contribution in [0.15, 0.2) is 98.7 Å². The highest BCUT2D eigenvalue weighted by Gasteiger charge is 2.39. The van der Waals surface area contributed by atoms with E-state index in [0.717, 1.165) is 54.4 Å². The predicted octanol–water partition coefficient (Wildman–Crippen LogP) is 7.90. The number of aromatic amines is 2. The van der Waals surface area contributed by atoms with E-state index in [1.807, 2.05) is 70.9 Å². The molecule has 1 aliphatic rings. The highest BCUT2D eigenvalue weighted by molar-refractivity contribution is 8.02. The largest absolute Gasteiger partial charge is 0.436 e. The zero-order valence-electron chi connectivity index (χ0n) is 21.5. The van der Waals surface area contributed by atoms with Crippen molar-refractivity contribution in [3.05, 3.63) is 90.8 Å². The lowest BCUT2D eigenvalue weighted by Crippen LogP contribution is -2.11. The first-order valence-electron chi connectivity index (χ1n) is 13.0. The molecule has 0 saturated heterocycles. The molecule has 42 heavy (non-hydrogen) atoms. The first kappa shape index (κ1) is 23.5. The molecule has 6 heterocycles. The third kappa shape index (κ3) is 3.49. The fraction of sp³-hybridized carbons (Fsp3) is 0. The molecule has 0 bridgehead atoms. The number of anilines is 2. The van der Waals surface area contributed by atoms with Gasteiger partial charge in [0.25, 0.3) is 0 Å². The van der Waals surface area contributed by atoms with Gasteiger partial charge in [0.05, 0.1) is 28.5 Å². The number of H-pyrrole nitrogens is 2. The molecule has 0 saturated carbocycles. The summed E-state index contributed by atoms with van der Waals surface area (Å²) in [7, 11) is 0. The summed E-state index contributed by atoms with van der Waals surface area (Å²) in [6, 6.07) is 16.1. The second-order valence-corrected chi connectivity index (χ2v) is 11.2. The number of oxazole rings is 2. The van der Waals surface area contributed by atoms with E-state index in [1.54, 1.807) is 48.0 Å². The minimum atomic E-state index is 0.434. The van der Waals surface area contributed by atoms with Crippen LogP contribution in [-0.2, 0) is 0 Å². The van der Waals surface area contributed by atoms with Gasteiger partial charge in [0.2, 0.25) is 5.89 Å². The zero-order valence-corrected chi connectivity index (χ0v) is 23.1. The molecule has 5 aromatic heterocycles. The van der Waals surface area contributed by atoms with Crippen LogP contribution in [0.4, 0.5) is 11.7 Å². The zero-order chi connectivity index (χ0) is 27.6. The molecule has 0 unspecified atom stereocenters. The normalized spacial score (nSPS) is 13.0. The van der Waals surface area contributed by atoms with E-state index >= 15 is 0 Å². The molecule has 1 aliphatic heterocycles. The molecular formula is C30H17N8O2S2. The number of rotatable bonds is 5. The molecule has 201 valence electrons. The Kier molecular flexibility index (Phi) is 5.12. The van der Waals surface area contributed by atoms with Crippen LogP contribution in [0, 0.1) is 5.88 Å². The fourth-order valence-corrected chi connectivity index (χ4v) is 7.09. The Hall–Kier alpha value is -5.20. The Balaban J connectivity index is 1.49. The summed E-state index contributed by atoms with van der Waals surface area (Å²) < 4.78 is 12.3. The Labute approximate surface area is 245 Å². The molecule has 0 aliphatic carbocycles. The number of benzene rings is 3. The molecule has 10 nitrogen and oxygen atoms in total. The Morgan fingerprint density at radius 2 is 1.67 bits per heavy atom. The van der Waals surface area contributed by atoms with Crippen LogP contribution in [0.1, 0.15) is 0 Å². The van der Waals surface area contributed by atoms with Gasteiger partial charge in [-0.2, -0.15) is 0 Å². The summed E-state index contributed by atoms with van der Waals surface area (Å²) in [4.78, 5) is 33.8. The van der Waals surface area contributed by atoms with E-state index in [4.69, 9.17) is 28.8 Å². The van der Waals surface area contributed by atoms with E-state index in [-0.39, 0.29) is 0 Å². The van der Waals surface area contributed by atoms with Crippen LogP contribution in [0.2, 0.25) is 0 Å². The number of nitrogens with one attached hydrogen (secondary N) is 2. The Bertz CT molecular complexity index is 2150. The molecule has 0 amide bonds. The van der Waals surface area contributed by atoms with E-state index in [0.29, 0.717) is 29.1 Å². The second-order valence-electron chi connectivity index (χ2n) is 9.45. The third-order valence-electron chi connectivity index (χ3n) is 7.09. The monoisotopic (exact) mass is 585 g/mol. The summed E-state index contributed by atoms with van der Waals surface area (Å²) in [5.74, 6) is 3.77. The Morgan fingerprint density at radius 3 is 2.45 bits per heavy atom. The maximum atomic E-state index is 6.44. The number of aromatic nitrogens is 7. The van der Waals surface area contributed by atoms with Crippen LogP contribution in [0.3, 0.4) is 0 Å². The quantitative estimate of drug-likeness (QED) is 0.207. The molecule has 1 radical (unpaired) electrons. The van der Waals surface area contributed by atoms with Gasteiger partial charge in [0, 0.05) is 45.6 Å². The van der Waals surface area contributed by atoms with Crippen LogP contribution in [0.5, 0.6) is 0 Å². The van der Waals surface area contributed by atoms with Gasteiger partial charge in [-0.25, -0.2) is 24.9 Å². The minimum absolute atomic E-state index is 0.434. The van der Waals surface area contributed by atoms with Crippen molar-refractivity contribution in [3.8, 4) is 44.8 Å². The van der Waals surface area contributed by atoms with Gasteiger partial charge in [0.15, 0.2) is 5.58 Å². The van der Waals surface area contributed by atoms with E-state index in [1.165, 1.54) is 0 Å². The standard InChI is InChI=1S/C30H17N8O2S2/c1-2-6-17-16(5-1)35-27(36-17)20-21(26-31-9-10-32-26)23(28-37-18-7-3-4-8-19(18)40-28)25-24(22(20)29-33-12-14-41-29)38(15-42-25)30-34-11-13-39-30/h1-15H,(H,31,32)(H,35,36). The summed E-state index contributed by atoms with van der Waals surface area (Å²) in [5, 5.41) is 2.78. The molecule has 9 rings (SSSR count). The molecule has 0 fully saturated rings. The van der Waals surface area contributed by atoms with E-state index in [2.05, 4.69) is 15.0 Å². The lowest BCUT2D eigenvalue weighted by Gasteiger charge is -2.22. The number of hydrogen-bond acceptors (Lipinski definition) is 10. The van der Waals surface area contributed by atoms with E-state index in [9.17, 15) is 0 Å². The maximum Gasteiger partial charge on any atom is 0.302 e. The van der Waals surface area contributed by atoms with Crippen molar-refractivity contribution in [2.24, 2.45) is 0 Å². The first-order valence-corrected chi connectivity index (χ1v) is 14.7. The average Bonchev–Trinajstić information content (AvgIpc) is 3.87. The summed E-state index contributed by atoms with van der Waals surface area (Å²) in [5.41, 5.74) is 7.31. The molecule has 8 aromatic rings. The van der Waals surface area contributed by atoms with Crippen molar-refractivity contribution in [1.82, 2.24) is 34.9 Å². The number of nitrogens with zero attached hydrogens (tertiary/aromatic N) is 6. The van der Waals surface area contributed by atoms with E-state index < -0.39 is 0 Å². The highest BCUT2D eigenvalue weighted by Crippen LogP contribution is 2.60. The molecule has 0 atom stereocenters. The molecule has 2 N–H and O–H groups in total. The van der Waals surface area contributed by atoms with Crippen molar-refractivity contribution < 1.29 is 8.83 Å². The van der Waals surface area contributed by atoms with Gasteiger partial charge in [-0.05, 0) is 24.3 Å². The number of imidazole rings is 2. The van der Waals surface area contributed by atoms with Gasteiger partial charge in [0.1, 0.15) is 34.3 Å². The molecular weight excluding hydrogens is 569 g/mol. The number of para-hydroxylation sites is 4. The predicted molar refractivity (Wildman–Crippen MR) is 162 cm³/mol. The number of thioether (sulfide) groups is 1. The summed E-state index contributed by atoms with van der Waals surface area (Å²) in [6.07, 6.45) is 8.55. The second kappa shape index (κ2) is 9.16. The lowest BCUT2D eigenvalue weighted by atomic mass is 9.92. The topological polar surface area (TPSA) is 126 Å². The average molecular weight is 586 g/mol. The molecule has 3 aromatic carbocycles. The number of hydrogen-bond donors (Lipinski definition) is 2. The third-order valence-corrected chi connectivity index (χ3v) is 8.83. The Morgan fingerprint density at radius 1 is 0.786 bits per heavy atom. The first-order chi connectivity index (χ1) is 20.8. The van der Waals surface area contributed by atoms with Gasteiger partial charge >= 0.3 is 6.01 Å². The minimum Gasteiger partial charge on any atom is -0.436 e. The van der Waals surface area contributed by atoms with Crippen molar-refractivity contribution in [1.29, 1.82) is 0 Å². The number of thiazole rings is 1. The van der Waals surface area contributed by atoms with Crippen LogP contribution < -0.4 is 4.90 Å². The SMILES string of the molecule is [CH]1Sc2c(-c3nc4ccccc4o3)c(-c3ncc[nH]3)c(-c3nc4ccccc4[nH]3)c(-c3nccs3)c2N1c1ncco1. The maximum absolute atomic E-state index is 6.44. The van der Waals surface area contributed by atoms with Gasteiger partial charge < -0.3 is 18.8 Å². The highest BCUT2D eigenvalue weighted by atomic mass is 32.2. The number of fused-ring (bicyclic) bond motifs is 3. The molecule has 0 spiro atoms. The fourth-order valence-electron chi connectivity index (χ4n) is 5.38. The smallest absolute Gasteiger partial charge is 0.302 e. The summed E-state index contributed by atoms with van der Waals surface area (Å²) in [6.45, 7) is 0. The summed E-state index contributed by atoms with van der Waals surface area (Å²) >= 11 is 3.09. The lowest BCUT2D eigenvalue weighted by molar-refractivity contribution is 0.563. The van der Waals surface area contributed by atoms with Crippen molar-refractivity contribution >= 4 is 56.9 Å².